The van der Waals surface area contributed by atoms with Crippen LogP contribution >= 0.6 is 0 Å². The lowest BCUT2D eigenvalue weighted by Crippen LogP contribution is -2.58. The molecular weight excluding hydrogens is 280 g/mol. The fourth-order valence-electron chi connectivity index (χ4n) is 5.00. The third-order valence-electron chi connectivity index (χ3n) is 6.65. The fraction of sp³-hybridized carbons (Fsp3) is 0.889. The number of rotatable bonds is 11. The molecule has 0 heterocycles. The van der Waals surface area contributed by atoms with Crippen LogP contribution in [0.4, 0.5) is 0 Å². The summed E-state index contributed by atoms with van der Waals surface area (Å²) in [5, 5.41) is 19.8. The molecule has 0 atom stereocenters. The average molecular weight is 314 g/mol. The van der Waals surface area contributed by atoms with E-state index in [1.165, 1.54) is 0 Å². The van der Waals surface area contributed by atoms with Crippen LogP contribution in [0, 0.1) is 16.2 Å². The van der Waals surface area contributed by atoms with Crippen molar-refractivity contribution in [3.8, 4) is 0 Å². The van der Waals surface area contributed by atoms with Gasteiger partial charge in [0.2, 0.25) is 0 Å². The minimum absolute atomic E-state index is 0.298. The summed E-state index contributed by atoms with van der Waals surface area (Å²) in [6.45, 7) is 12.0. The second-order valence-corrected chi connectivity index (χ2v) is 6.46. The first-order chi connectivity index (χ1) is 10.2. The molecule has 4 heteroatoms. The molecular formula is C18H34O4. The molecule has 0 bridgehead atoms. The summed E-state index contributed by atoms with van der Waals surface area (Å²) in [7, 11) is 0. The van der Waals surface area contributed by atoms with Crippen LogP contribution < -0.4 is 0 Å². The molecule has 0 aliphatic heterocycles. The topological polar surface area (TPSA) is 74.6 Å². The second-order valence-electron chi connectivity index (χ2n) is 6.46. The molecule has 0 spiro atoms. The molecule has 0 aliphatic carbocycles. The number of carbonyl (C=O) groups is 2. The van der Waals surface area contributed by atoms with Crippen molar-refractivity contribution in [3.05, 3.63) is 0 Å². The number of carboxylic acid groups (broad SMARTS) is 2. The summed E-state index contributed by atoms with van der Waals surface area (Å²) in [6, 6.07) is 0. The highest BCUT2D eigenvalue weighted by Crippen LogP contribution is 2.63. The van der Waals surface area contributed by atoms with Crippen molar-refractivity contribution >= 4 is 11.9 Å². The molecule has 130 valence electrons. The van der Waals surface area contributed by atoms with Gasteiger partial charge in [0.05, 0.1) is 11.8 Å². The molecule has 4 nitrogen and oxygen atoms in total. The SMILES string of the molecule is CCC(CC)(CC)C(CC(=O)O)(C(=O)O)C(CC)(CC)CC. The predicted molar refractivity (Wildman–Crippen MR) is 88.9 cm³/mol. The first-order valence-corrected chi connectivity index (χ1v) is 8.68. The van der Waals surface area contributed by atoms with Gasteiger partial charge in [0.25, 0.3) is 0 Å². The van der Waals surface area contributed by atoms with E-state index in [4.69, 9.17) is 0 Å². The number of aliphatic carboxylic acids is 2. The van der Waals surface area contributed by atoms with Crippen LogP contribution in [0.1, 0.15) is 86.5 Å². The largest absolute Gasteiger partial charge is 0.481 e. The van der Waals surface area contributed by atoms with Crippen LogP contribution in [0.25, 0.3) is 0 Å². The molecule has 0 aromatic rings. The Morgan fingerprint density at radius 3 is 1.09 bits per heavy atom. The van der Waals surface area contributed by atoms with Crippen LogP contribution in [0.2, 0.25) is 0 Å². The van der Waals surface area contributed by atoms with Crippen LogP contribution in [0.15, 0.2) is 0 Å². The minimum Gasteiger partial charge on any atom is -0.481 e. The Balaban J connectivity index is 6.74. The van der Waals surface area contributed by atoms with Gasteiger partial charge in [0, 0.05) is 0 Å². The van der Waals surface area contributed by atoms with Gasteiger partial charge in [-0.2, -0.15) is 0 Å². The van der Waals surface area contributed by atoms with Crippen molar-refractivity contribution in [2.45, 2.75) is 86.5 Å². The zero-order valence-electron chi connectivity index (χ0n) is 15.2. The number of hydrogen-bond acceptors (Lipinski definition) is 2. The van der Waals surface area contributed by atoms with E-state index in [0.717, 1.165) is 0 Å². The van der Waals surface area contributed by atoms with Gasteiger partial charge in [-0.1, -0.05) is 41.5 Å². The van der Waals surface area contributed by atoms with Crippen molar-refractivity contribution in [1.29, 1.82) is 0 Å². The van der Waals surface area contributed by atoms with Gasteiger partial charge in [-0.25, -0.2) is 0 Å². The lowest BCUT2D eigenvalue weighted by atomic mass is 9.44. The van der Waals surface area contributed by atoms with Crippen molar-refractivity contribution < 1.29 is 19.8 Å². The smallest absolute Gasteiger partial charge is 0.311 e. The normalized spacial score (nSPS) is 13.2. The second kappa shape index (κ2) is 7.98. The summed E-state index contributed by atoms with van der Waals surface area (Å²) in [5.41, 5.74) is -2.24. The lowest BCUT2D eigenvalue weighted by Gasteiger charge is -2.57. The van der Waals surface area contributed by atoms with Gasteiger partial charge < -0.3 is 10.2 Å². The predicted octanol–water partition coefficient (Wildman–Crippen LogP) is 4.96. The summed E-state index contributed by atoms with van der Waals surface area (Å²) >= 11 is 0. The van der Waals surface area contributed by atoms with Crippen molar-refractivity contribution in [1.82, 2.24) is 0 Å². The number of carboxylic acids is 2. The molecule has 0 saturated carbocycles. The lowest BCUT2D eigenvalue weighted by molar-refractivity contribution is -0.189. The van der Waals surface area contributed by atoms with Gasteiger partial charge in [0.15, 0.2) is 0 Å². The molecule has 22 heavy (non-hydrogen) atoms. The first kappa shape index (κ1) is 20.9. The van der Waals surface area contributed by atoms with Gasteiger partial charge in [-0.3, -0.25) is 9.59 Å². The summed E-state index contributed by atoms with van der Waals surface area (Å²) in [6.07, 6.45) is 3.79. The molecule has 0 saturated heterocycles. The molecule has 2 N–H and O–H groups in total. The maximum Gasteiger partial charge on any atom is 0.311 e. The quantitative estimate of drug-likeness (QED) is 0.565. The molecule has 0 amide bonds. The van der Waals surface area contributed by atoms with Gasteiger partial charge >= 0.3 is 11.9 Å². The Kier molecular flexibility index (Phi) is 7.60. The maximum absolute atomic E-state index is 12.5. The zero-order chi connectivity index (χ0) is 17.6. The Morgan fingerprint density at radius 1 is 0.682 bits per heavy atom. The van der Waals surface area contributed by atoms with E-state index in [-0.39, 0.29) is 6.42 Å². The maximum atomic E-state index is 12.5. The highest BCUT2D eigenvalue weighted by molar-refractivity contribution is 5.83. The molecule has 0 radical (unpaired) electrons. The standard InChI is InChI=1S/C18H34O4/c1-7-16(8-2,9-3)18(15(21)22,13-14(19)20)17(10-4,11-5)12-6/h7-13H2,1-6H3,(H,19,20)(H,21,22). The summed E-state index contributed by atoms with van der Waals surface area (Å²) in [4.78, 5) is 24.2. The molecule has 0 fully saturated rings. The van der Waals surface area contributed by atoms with Crippen LogP contribution in [0.5, 0.6) is 0 Å². The molecule has 0 rings (SSSR count). The number of hydrogen-bond donors (Lipinski definition) is 2. The summed E-state index contributed by atoms with van der Waals surface area (Å²) in [5.74, 6) is -1.95. The van der Waals surface area contributed by atoms with E-state index in [9.17, 15) is 19.8 Å². The van der Waals surface area contributed by atoms with Gasteiger partial charge in [-0.15, -0.1) is 0 Å². The molecule has 0 aromatic carbocycles. The van der Waals surface area contributed by atoms with Gasteiger partial charge in [-0.05, 0) is 49.4 Å². The molecule has 0 unspecified atom stereocenters. The van der Waals surface area contributed by atoms with Crippen molar-refractivity contribution in [2.24, 2.45) is 16.2 Å². The van der Waals surface area contributed by atoms with E-state index >= 15 is 0 Å². The Morgan fingerprint density at radius 2 is 0.955 bits per heavy atom. The Hall–Kier alpha value is -1.06. The van der Waals surface area contributed by atoms with E-state index < -0.39 is 28.2 Å². The van der Waals surface area contributed by atoms with E-state index in [0.29, 0.717) is 38.5 Å². The van der Waals surface area contributed by atoms with E-state index in [2.05, 4.69) is 0 Å². The monoisotopic (exact) mass is 314 g/mol. The third kappa shape index (κ3) is 2.89. The Labute approximate surface area is 135 Å². The van der Waals surface area contributed by atoms with E-state index in [1.807, 2.05) is 41.5 Å². The summed E-state index contributed by atoms with van der Waals surface area (Å²) < 4.78 is 0. The van der Waals surface area contributed by atoms with Crippen LogP contribution in [-0.2, 0) is 9.59 Å². The van der Waals surface area contributed by atoms with Crippen LogP contribution in [0.3, 0.4) is 0 Å². The van der Waals surface area contributed by atoms with E-state index in [1.54, 1.807) is 0 Å². The molecule has 0 aromatic heterocycles. The average Bonchev–Trinajstić information content (AvgIpc) is 2.50. The fourth-order valence-corrected chi connectivity index (χ4v) is 5.00. The minimum atomic E-state index is -1.23. The first-order valence-electron chi connectivity index (χ1n) is 8.68. The van der Waals surface area contributed by atoms with Crippen LogP contribution in [-0.4, -0.2) is 22.2 Å². The zero-order valence-corrected chi connectivity index (χ0v) is 15.2. The van der Waals surface area contributed by atoms with Gasteiger partial charge in [0.1, 0.15) is 0 Å². The molecule has 0 aliphatic rings. The van der Waals surface area contributed by atoms with Crippen molar-refractivity contribution in [2.75, 3.05) is 0 Å². The Bertz CT molecular complexity index is 342. The highest BCUT2D eigenvalue weighted by atomic mass is 16.4. The van der Waals surface area contributed by atoms with Crippen molar-refractivity contribution in [3.63, 3.8) is 0 Å². The highest BCUT2D eigenvalue weighted by Gasteiger charge is 2.64. The third-order valence-corrected chi connectivity index (χ3v) is 6.65.